The van der Waals surface area contributed by atoms with Crippen molar-refractivity contribution in [1.82, 2.24) is 0 Å². The van der Waals surface area contributed by atoms with Gasteiger partial charge in [0, 0.05) is 0 Å². The second kappa shape index (κ2) is 8.91. The third-order valence-electron chi connectivity index (χ3n) is 7.91. The normalized spacial score (nSPS) is 17.3. The quantitative estimate of drug-likeness (QED) is 0.223. The Bertz CT molecular complexity index is 1520. The maximum atomic E-state index is 8.51. The van der Waals surface area contributed by atoms with Crippen LogP contribution >= 0.6 is 17.0 Å². The zero-order valence-electron chi connectivity index (χ0n) is 20.5. The second-order valence-electron chi connectivity index (χ2n) is 10.1. The molecular weight excluding hydrogens is 558 g/mol. The number of hydrogen-bond donors (Lipinski definition) is 0. The molecule has 0 aromatic heterocycles. The number of hydrogen-bond acceptors (Lipinski definition) is 0. The van der Waals surface area contributed by atoms with Crippen LogP contribution in [-0.4, -0.2) is 3.21 Å². The van der Waals surface area contributed by atoms with Crippen molar-refractivity contribution in [3.63, 3.8) is 0 Å². The zero-order valence-corrected chi connectivity index (χ0v) is 24.4. The Morgan fingerprint density at radius 3 is 1.50 bits per heavy atom. The molecule has 3 heteroatoms. The molecule has 0 amide bonds. The van der Waals surface area contributed by atoms with Crippen LogP contribution in [0.25, 0.3) is 11.1 Å². The number of allylic oxidation sites excluding steroid dienone is 4. The first kappa shape index (κ1) is 24.1. The first-order valence-electron chi connectivity index (χ1n) is 12.5. The molecule has 0 spiro atoms. The van der Waals surface area contributed by atoms with E-state index in [1.54, 1.807) is 0 Å². The second-order valence-corrected chi connectivity index (χ2v) is 30.8. The summed E-state index contributed by atoms with van der Waals surface area (Å²) in [5.41, 5.74) is 9.74. The Balaban J connectivity index is 1.86. The van der Waals surface area contributed by atoms with Gasteiger partial charge in [0.2, 0.25) is 0 Å². The molecular formula is C33H28Cl2Zr. The van der Waals surface area contributed by atoms with Crippen LogP contribution in [-0.2, 0) is 15.9 Å². The Kier molecular flexibility index (Phi) is 5.96. The SMILES string of the molecule is CC1=C[CH]([Zr]([Cl])([Cl])(=[C](c2ccccc2)c2ccccc2)[CH]2c3ccccc3-c3ccccc32)C(C)=C1. The van der Waals surface area contributed by atoms with Gasteiger partial charge < -0.3 is 0 Å². The number of halogens is 2. The van der Waals surface area contributed by atoms with Crippen LogP contribution in [0.3, 0.4) is 0 Å². The molecule has 0 nitrogen and oxygen atoms in total. The Hall–Kier alpha value is -2.31. The summed E-state index contributed by atoms with van der Waals surface area (Å²) in [4.78, 5) is 0. The maximum absolute atomic E-state index is 8.51. The van der Waals surface area contributed by atoms with Crippen LogP contribution in [0.15, 0.2) is 132 Å². The van der Waals surface area contributed by atoms with Gasteiger partial charge in [0.15, 0.2) is 0 Å². The molecule has 0 radical (unpaired) electrons. The Morgan fingerprint density at radius 1 is 0.611 bits per heavy atom. The monoisotopic (exact) mass is 584 g/mol. The van der Waals surface area contributed by atoms with Crippen LogP contribution in [0.4, 0.5) is 0 Å². The number of rotatable bonds is 4. The van der Waals surface area contributed by atoms with Gasteiger partial charge in [-0.05, 0) is 0 Å². The summed E-state index contributed by atoms with van der Waals surface area (Å²) in [5, 5.41) is 0. The van der Waals surface area contributed by atoms with Gasteiger partial charge in [-0.1, -0.05) is 0 Å². The summed E-state index contributed by atoms with van der Waals surface area (Å²) < 4.78 is 1.05. The van der Waals surface area contributed by atoms with Crippen molar-refractivity contribution in [3.05, 3.63) is 155 Å². The molecule has 1 unspecified atom stereocenters. The topological polar surface area (TPSA) is 0 Å². The molecule has 0 aliphatic heterocycles. The van der Waals surface area contributed by atoms with E-state index in [1.807, 2.05) is 0 Å². The van der Waals surface area contributed by atoms with Crippen LogP contribution in [0, 0.1) is 0 Å². The molecule has 4 aromatic rings. The zero-order chi connectivity index (χ0) is 24.9. The number of benzene rings is 4. The van der Waals surface area contributed by atoms with E-state index in [4.69, 9.17) is 17.0 Å². The summed E-state index contributed by atoms with van der Waals surface area (Å²) in [6, 6.07) is 38.6. The van der Waals surface area contributed by atoms with Crippen molar-refractivity contribution < 1.29 is 15.9 Å². The number of fused-ring (bicyclic) bond motifs is 3. The van der Waals surface area contributed by atoms with Gasteiger partial charge >= 0.3 is 223 Å². The predicted octanol–water partition coefficient (Wildman–Crippen LogP) is 9.72. The van der Waals surface area contributed by atoms with Crippen molar-refractivity contribution in [3.8, 4) is 11.1 Å². The van der Waals surface area contributed by atoms with Gasteiger partial charge in [0.1, 0.15) is 0 Å². The molecule has 2 aliphatic rings. The fraction of sp³-hybridized carbons (Fsp3) is 0.121. The molecule has 1 atom stereocenters. The first-order valence-corrected chi connectivity index (χ1v) is 22.9. The van der Waals surface area contributed by atoms with E-state index < -0.39 is 15.9 Å². The van der Waals surface area contributed by atoms with E-state index in [2.05, 4.69) is 135 Å². The standard InChI is InChI=1S/C13H9.C13H10.C7H9.2ClH.Zr/c1-3-7-12-10(5-1)9-11-6-2-4-8-13(11)12;1-3-7-12(8-4-1)11-13-9-5-2-6-10-13;1-6-3-4-7(2)5-6;;;/h1-9H;1-10H;3-5H,1-2H3;2*1H;/q;;;;;+2/p-2. The van der Waals surface area contributed by atoms with Crippen LogP contribution in [0.2, 0.25) is 3.63 Å². The van der Waals surface area contributed by atoms with Crippen molar-refractivity contribution in [2.24, 2.45) is 0 Å². The molecule has 0 N–H and O–H groups in total. The van der Waals surface area contributed by atoms with E-state index >= 15 is 0 Å². The van der Waals surface area contributed by atoms with Gasteiger partial charge in [0.25, 0.3) is 0 Å². The average Bonchev–Trinajstić information content (AvgIpc) is 3.43. The van der Waals surface area contributed by atoms with E-state index in [0.717, 1.165) is 14.3 Å². The molecule has 2 aliphatic carbocycles. The minimum atomic E-state index is -5.21. The van der Waals surface area contributed by atoms with E-state index in [0.29, 0.717) is 0 Å². The summed E-state index contributed by atoms with van der Waals surface area (Å²) in [7, 11) is 17.0. The Morgan fingerprint density at radius 2 is 1.06 bits per heavy atom. The molecule has 6 rings (SSSR count). The van der Waals surface area contributed by atoms with Crippen molar-refractivity contribution in [2.45, 2.75) is 21.1 Å². The summed E-state index contributed by atoms with van der Waals surface area (Å²) >= 11 is -5.21. The molecule has 0 fully saturated rings. The molecule has 0 bridgehead atoms. The van der Waals surface area contributed by atoms with Crippen LogP contribution in [0.1, 0.15) is 39.7 Å². The molecule has 178 valence electrons. The molecule has 0 heterocycles. The fourth-order valence-corrected chi connectivity index (χ4v) is 28.3. The first-order chi connectivity index (χ1) is 17.4. The molecule has 36 heavy (non-hydrogen) atoms. The van der Waals surface area contributed by atoms with Crippen molar-refractivity contribution >= 4 is 20.2 Å². The molecule has 4 aromatic carbocycles. The third-order valence-corrected chi connectivity index (χ3v) is 27.7. The predicted molar refractivity (Wildman–Crippen MR) is 153 cm³/mol. The summed E-state index contributed by atoms with van der Waals surface area (Å²) in [6.07, 6.45) is 4.61. The minimum absolute atomic E-state index is 0.0191. The average molecular weight is 587 g/mol. The van der Waals surface area contributed by atoms with Crippen molar-refractivity contribution in [2.75, 3.05) is 0 Å². The third kappa shape index (κ3) is 3.55. The van der Waals surface area contributed by atoms with Crippen LogP contribution in [0.5, 0.6) is 0 Å². The molecule has 0 saturated heterocycles. The van der Waals surface area contributed by atoms with Gasteiger partial charge in [0.05, 0.1) is 0 Å². The summed E-state index contributed by atoms with van der Waals surface area (Å²) in [5.74, 6) is 0. The summed E-state index contributed by atoms with van der Waals surface area (Å²) in [6.45, 7) is 4.37. The Labute approximate surface area is 221 Å². The van der Waals surface area contributed by atoms with E-state index in [1.165, 1.54) is 33.4 Å². The van der Waals surface area contributed by atoms with Gasteiger partial charge in [-0.2, -0.15) is 0 Å². The van der Waals surface area contributed by atoms with Gasteiger partial charge in [-0.25, -0.2) is 0 Å². The van der Waals surface area contributed by atoms with Gasteiger partial charge in [-0.3, -0.25) is 0 Å². The molecule has 0 saturated carbocycles. The van der Waals surface area contributed by atoms with E-state index in [-0.39, 0.29) is 7.25 Å². The van der Waals surface area contributed by atoms with Gasteiger partial charge in [-0.15, -0.1) is 0 Å². The van der Waals surface area contributed by atoms with E-state index in [9.17, 15) is 0 Å². The van der Waals surface area contributed by atoms with Crippen molar-refractivity contribution in [1.29, 1.82) is 0 Å². The fourth-order valence-electron chi connectivity index (χ4n) is 6.59. The van der Waals surface area contributed by atoms with Crippen LogP contribution < -0.4 is 0 Å².